The lowest BCUT2D eigenvalue weighted by molar-refractivity contribution is -1.92. The monoisotopic (exact) mass is 531 g/mol. The van der Waals surface area contributed by atoms with Gasteiger partial charge in [-0.05, 0) is 117 Å². The SMILES string of the molecule is C[C@H]1CC[C@@H]2N(C1)C[C@H]1[C@@H]3C[C@H]4[C@@H](C[C@H](O)[C@H]5C[C@@H](O)CC[C@@]54C)[C@@H]3CC[C@@H]1[C@]2(C)O.[O-][Cl+3]([O-])([O-])O. The molecule has 0 aromatic heterocycles. The predicted molar refractivity (Wildman–Crippen MR) is 123 cm³/mol. The predicted octanol–water partition coefficient (Wildman–Crippen LogP) is -0.446. The molecule has 0 bridgehead atoms. The molecule has 4 N–H and O–H groups in total. The van der Waals surface area contributed by atoms with E-state index in [2.05, 4.69) is 25.7 Å². The highest BCUT2D eigenvalue weighted by Gasteiger charge is 2.64. The van der Waals surface area contributed by atoms with E-state index in [1.165, 1.54) is 32.2 Å². The number of aliphatic hydroxyl groups excluding tert-OH is 2. The largest absolute Gasteiger partial charge is 0.393 e. The zero-order valence-electron chi connectivity index (χ0n) is 22.0. The molecule has 8 nitrogen and oxygen atoms in total. The average molecular weight is 532 g/mol. The van der Waals surface area contributed by atoms with Crippen LogP contribution in [0.2, 0.25) is 0 Å². The van der Waals surface area contributed by atoms with Crippen LogP contribution in [0.4, 0.5) is 0 Å². The van der Waals surface area contributed by atoms with Crippen molar-refractivity contribution in [3.05, 3.63) is 0 Å². The molecular weight excluding hydrogens is 486 g/mol. The second kappa shape index (κ2) is 9.56. The second-order valence-electron chi connectivity index (χ2n) is 13.8. The summed E-state index contributed by atoms with van der Waals surface area (Å²) in [6.07, 6.45) is 9.43. The Bertz CT molecular complexity index is 801. The van der Waals surface area contributed by atoms with E-state index in [9.17, 15) is 15.3 Å². The Kier molecular flexibility index (Phi) is 7.31. The maximum atomic E-state index is 11.8. The highest BCUT2D eigenvalue weighted by atomic mass is 35.7. The molecule has 13 atom stereocenters. The number of nitrogens with zero attached hydrogens (tertiary/aromatic N) is 1. The van der Waals surface area contributed by atoms with Crippen molar-refractivity contribution in [1.29, 1.82) is 0 Å². The molecule has 36 heavy (non-hydrogen) atoms. The number of halogens is 1. The van der Waals surface area contributed by atoms with E-state index in [1.807, 2.05) is 0 Å². The van der Waals surface area contributed by atoms with Crippen molar-refractivity contribution in [2.24, 2.45) is 52.8 Å². The first kappa shape index (κ1) is 27.5. The molecule has 0 radical (unpaired) electrons. The molecule has 2 aliphatic heterocycles. The lowest BCUT2D eigenvalue weighted by Gasteiger charge is -2.60. The molecule has 6 aliphatic rings. The van der Waals surface area contributed by atoms with Gasteiger partial charge in [-0.3, -0.25) is 4.90 Å². The summed E-state index contributed by atoms with van der Waals surface area (Å²) in [7, 11) is -4.69. The van der Waals surface area contributed by atoms with E-state index in [1.54, 1.807) is 0 Å². The summed E-state index contributed by atoms with van der Waals surface area (Å²) in [5.74, 6) is 4.89. The van der Waals surface area contributed by atoms with Crippen LogP contribution in [-0.2, 0) is 0 Å². The zero-order chi connectivity index (χ0) is 26.2. The number of aliphatic hydroxyl groups is 3. The molecule has 0 aromatic carbocycles. The van der Waals surface area contributed by atoms with Crippen molar-refractivity contribution < 1.29 is 44.2 Å². The Hall–Kier alpha value is -0.0300. The molecule has 0 amide bonds. The third-order valence-electron chi connectivity index (χ3n) is 12.0. The molecule has 0 aromatic rings. The minimum absolute atomic E-state index is 0.188. The van der Waals surface area contributed by atoms with E-state index < -0.39 is 15.8 Å². The second-order valence-corrected chi connectivity index (χ2v) is 14.6. The Morgan fingerprint density at radius 3 is 2.17 bits per heavy atom. The van der Waals surface area contributed by atoms with Gasteiger partial charge >= 0.3 is 0 Å². The summed E-state index contributed by atoms with van der Waals surface area (Å²) in [5, 5.41) is 33.3. The number of hydrogen-bond donors (Lipinski definition) is 4. The Morgan fingerprint density at radius 2 is 1.47 bits per heavy atom. The van der Waals surface area contributed by atoms with Crippen LogP contribution < -0.4 is 14.0 Å². The molecule has 6 fully saturated rings. The minimum atomic E-state index is -4.69. The number of hydrogen-bond acceptors (Lipinski definition) is 8. The first-order chi connectivity index (χ1) is 16.7. The molecule has 0 spiro atoms. The van der Waals surface area contributed by atoms with Crippen molar-refractivity contribution in [2.45, 2.75) is 102 Å². The van der Waals surface area contributed by atoms with E-state index in [-0.39, 0.29) is 23.5 Å². The average Bonchev–Trinajstić information content (AvgIpc) is 3.13. The van der Waals surface area contributed by atoms with Gasteiger partial charge in [0.15, 0.2) is 0 Å². The van der Waals surface area contributed by atoms with Crippen molar-refractivity contribution in [3.8, 4) is 0 Å². The third-order valence-corrected chi connectivity index (χ3v) is 12.0. The fourth-order valence-corrected chi connectivity index (χ4v) is 10.6. The van der Waals surface area contributed by atoms with E-state index in [4.69, 9.17) is 18.6 Å². The van der Waals surface area contributed by atoms with E-state index >= 15 is 0 Å². The molecular formula is C27H46ClNO7. The van der Waals surface area contributed by atoms with Gasteiger partial charge in [0, 0.05) is 19.1 Å². The quantitative estimate of drug-likeness (QED) is 0.328. The normalized spacial score (nSPS) is 54.7. The van der Waals surface area contributed by atoms with Crippen LogP contribution in [0.5, 0.6) is 0 Å². The van der Waals surface area contributed by atoms with Gasteiger partial charge in [-0.15, -0.1) is 0 Å². The van der Waals surface area contributed by atoms with E-state index in [0.717, 1.165) is 50.5 Å². The first-order valence-corrected chi connectivity index (χ1v) is 15.4. The zero-order valence-corrected chi connectivity index (χ0v) is 22.7. The Balaban J connectivity index is 0.000000489. The lowest BCUT2D eigenvalue weighted by Crippen LogP contribution is -2.67. The highest BCUT2D eigenvalue weighted by molar-refractivity contribution is 5.14. The topological polar surface area (TPSA) is 153 Å². The summed E-state index contributed by atoms with van der Waals surface area (Å²) in [4.78, 5) is 2.68. The standard InChI is InChI=1S/C27H45NO3.ClHO4/c1-15-4-7-25-27(3,31)21-6-5-17-18(20(21)14-28(25)13-15)11-22-19(17)12-24(30)23-10-16(29)8-9-26(22,23)2;2-1(3,4)5/h15-25,29-31H,4-14H2,1-3H3;(H,2,3,4,5)/t15-,16-,17+,18+,19-,20-,21-,22-,23+,24-,25-,26+,27-;/m0./s1. The van der Waals surface area contributed by atoms with Crippen LogP contribution in [0, 0.1) is 63.0 Å². The van der Waals surface area contributed by atoms with Crippen LogP contribution in [0.1, 0.15) is 78.6 Å². The van der Waals surface area contributed by atoms with Crippen LogP contribution in [-0.4, -0.2) is 61.8 Å². The summed E-state index contributed by atoms with van der Waals surface area (Å²) >= 11 is 0. The molecule has 2 heterocycles. The van der Waals surface area contributed by atoms with Crippen molar-refractivity contribution in [2.75, 3.05) is 13.1 Å². The van der Waals surface area contributed by atoms with Gasteiger partial charge in [0.05, 0.1) is 32.7 Å². The van der Waals surface area contributed by atoms with Crippen molar-refractivity contribution in [3.63, 3.8) is 0 Å². The van der Waals surface area contributed by atoms with Gasteiger partial charge in [0.1, 0.15) is 0 Å². The smallest absolute Gasteiger partial charge is 0.0805 e. The van der Waals surface area contributed by atoms with Gasteiger partial charge < -0.3 is 15.3 Å². The van der Waals surface area contributed by atoms with Crippen LogP contribution in [0.3, 0.4) is 0 Å². The van der Waals surface area contributed by atoms with E-state index in [0.29, 0.717) is 35.6 Å². The van der Waals surface area contributed by atoms with Gasteiger partial charge in [-0.2, -0.15) is 14.0 Å². The molecule has 2 saturated heterocycles. The summed E-state index contributed by atoms with van der Waals surface area (Å²) < 4.78 is 32.7. The fourth-order valence-electron chi connectivity index (χ4n) is 10.6. The molecule has 208 valence electrons. The van der Waals surface area contributed by atoms with Gasteiger partial charge in [-0.25, -0.2) is 0 Å². The van der Waals surface area contributed by atoms with Gasteiger partial charge in [-0.1, -0.05) is 13.8 Å². The summed E-state index contributed by atoms with van der Waals surface area (Å²) in [6.45, 7) is 9.36. The molecule has 4 saturated carbocycles. The molecule has 9 heteroatoms. The summed E-state index contributed by atoms with van der Waals surface area (Å²) in [5.41, 5.74) is -0.365. The number of fused-ring (bicyclic) bond motifs is 8. The van der Waals surface area contributed by atoms with Crippen LogP contribution in [0.15, 0.2) is 0 Å². The third kappa shape index (κ3) is 4.77. The Labute approximate surface area is 217 Å². The van der Waals surface area contributed by atoms with Gasteiger partial charge in [0.2, 0.25) is 0 Å². The fraction of sp³-hybridized carbons (Fsp3) is 1.00. The maximum Gasteiger partial charge on any atom is 0.0805 e. The first-order valence-electron chi connectivity index (χ1n) is 14.2. The Morgan fingerprint density at radius 1 is 0.778 bits per heavy atom. The van der Waals surface area contributed by atoms with Gasteiger partial charge in [0.25, 0.3) is 0 Å². The summed E-state index contributed by atoms with van der Waals surface area (Å²) in [6, 6.07) is 0.355. The maximum absolute atomic E-state index is 11.8. The highest BCUT2D eigenvalue weighted by Crippen LogP contribution is 2.67. The van der Waals surface area contributed by atoms with Crippen molar-refractivity contribution in [1.82, 2.24) is 4.90 Å². The number of piperidine rings is 2. The minimum Gasteiger partial charge on any atom is -0.393 e. The van der Waals surface area contributed by atoms with Crippen LogP contribution >= 0.6 is 0 Å². The molecule has 4 aliphatic carbocycles. The molecule has 0 unspecified atom stereocenters. The number of rotatable bonds is 0. The van der Waals surface area contributed by atoms with Crippen molar-refractivity contribution >= 4 is 0 Å². The van der Waals surface area contributed by atoms with Crippen LogP contribution in [0.25, 0.3) is 0 Å². The molecule has 6 rings (SSSR count). The lowest BCUT2D eigenvalue weighted by atomic mass is 9.51.